The van der Waals surface area contributed by atoms with E-state index < -0.39 is 0 Å². The number of hydrogen-bond donors (Lipinski definition) is 1. The Bertz CT molecular complexity index is 590. The first-order valence-electron chi connectivity index (χ1n) is 6.31. The molecule has 1 aromatic heterocycles. The molecule has 0 aliphatic carbocycles. The number of nitrogens with zero attached hydrogens (tertiary/aromatic N) is 1. The van der Waals surface area contributed by atoms with Crippen LogP contribution in [0.3, 0.4) is 0 Å². The summed E-state index contributed by atoms with van der Waals surface area (Å²) < 4.78 is 9.30. The van der Waals surface area contributed by atoms with Crippen LogP contribution in [0.15, 0.2) is 39.0 Å². The summed E-state index contributed by atoms with van der Waals surface area (Å²) >= 11 is 6.19. The zero-order valence-electron chi connectivity index (χ0n) is 10.1. The highest BCUT2D eigenvalue weighted by Gasteiger charge is 2.18. The molecule has 0 unspecified atom stereocenters. The van der Waals surface area contributed by atoms with Gasteiger partial charge in [-0.05, 0) is 17.8 Å². The summed E-state index contributed by atoms with van der Waals surface area (Å²) in [6.07, 6.45) is 3.85. The van der Waals surface area contributed by atoms with Crippen LogP contribution >= 0.6 is 24.0 Å². The molecule has 0 amide bonds. The van der Waals surface area contributed by atoms with E-state index in [1.54, 1.807) is 11.3 Å². The highest BCUT2D eigenvalue weighted by atomic mass is 32.2. The van der Waals surface area contributed by atoms with E-state index in [0.717, 1.165) is 33.5 Å². The molecular formula is C14H16NOS2+. The average molecular weight is 278 g/mol. The summed E-state index contributed by atoms with van der Waals surface area (Å²) in [6, 6.07) is 10.2. The van der Waals surface area contributed by atoms with Crippen LogP contribution in [0.5, 0.6) is 0 Å². The molecule has 2 heterocycles. The molecule has 0 spiro atoms. The second-order valence-electron chi connectivity index (χ2n) is 4.52. The predicted molar refractivity (Wildman–Crippen MR) is 78.1 cm³/mol. The minimum absolute atomic E-state index is 0.893. The molecular weight excluding hydrogens is 262 g/mol. The fourth-order valence-electron chi connectivity index (χ4n) is 2.26. The summed E-state index contributed by atoms with van der Waals surface area (Å²) in [6.45, 7) is 2.21. The van der Waals surface area contributed by atoms with Crippen LogP contribution in [0.2, 0.25) is 0 Å². The Morgan fingerprint density at radius 1 is 1.06 bits per heavy atom. The van der Waals surface area contributed by atoms with Gasteiger partial charge < -0.3 is 4.42 Å². The van der Waals surface area contributed by atoms with Crippen LogP contribution < -0.4 is 9.44 Å². The highest BCUT2D eigenvalue weighted by Crippen LogP contribution is 2.28. The van der Waals surface area contributed by atoms with Gasteiger partial charge in [-0.15, -0.1) is 12.6 Å². The third-order valence-electron chi connectivity index (χ3n) is 3.22. The fourth-order valence-corrected chi connectivity index (χ4v) is 3.52. The van der Waals surface area contributed by atoms with Crippen molar-refractivity contribution in [3.05, 3.63) is 35.2 Å². The highest BCUT2D eigenvalue weighted by molar-refractivity contribution is 7.83. The first kappa shape index (κ1) is 12.1. The largest absolute Gasteiger partial charge is 0.431 e. The van der Waals surface area contributed by atoms with Crippen LogP contribution in [-0.2, 0) is 0 Å². The number of hydrogen-bond acceptors (Lipinski definition) is 3. The van der Waals surface area contributed by atoms with Gasteiger partial charge in [-0.1, -0.05) is 30.3 Å². The van der Waals surface area contributed by atoms with E-state index in [2.05, 4.69) is 29.3 Å². The van der Waals surface area contributed by atoms with Gasteiger partial charge in [0.15, 0.2) is 5.76 Å². The predicted octanol–water partition coefficient (Wildman–Crippen LogP) is 3.25. The molecule has 18 heavy (non-hydrogen) atoms. The molecule has 1 fully saturated rings. The van der Waals surface area contributed by atoms with Crippen LogP contribution in [0, 0.1) is 0 Å². The number of rotatable bonds is 1. The smallest absolute Gasteiger partial charge is 0.394 e. The molecule has 94 valence electrons. The van der Waals surface area contributed by atoms with Crippen molar-refractivity contribution < 1.29 is 4.42 Å². The van der Waals surface area contributed by atoms with Gasteiger partial charge in [0.2, 0.25) is 0 Å². The van der Waals surface area contributed by atoms with E-state index in [1.165, 1.54) is 19.3 Å². The second-order valence-corrected chi connectivity index (χ2v) is 6.23. The molecule has 2 nitrogen and oxygen atoms in total. The number of piperidine rings is 1. The standard InChI is InChI=1S/C14H15NOS2/c17-13-12(11-7-3-1-4-8-11)16-14(18-13)15-9-5-2-6-10-15/h1,3-4,7-8H,2,5-6,9-10H2/p+1. The van der Waals surface area contributed by atoms with Gasteiger partial charge in [0.25, 0.3) is 0 Å². The van der Waals surface area contributed by atoms with Crippen molar-refractivity contribution in [1.82, 2.24) is 4.58 Å². The molecule has 1 aromatic carbocycles. The van der Waals surface area contributed by atoms with Crippen molar-refractivity contribution in [2.45, 2.75) is 23.5 Å². The Hall–Kier alpha value is -1.00. The van der Waals surface area contributed by atoms with Crippen molar-refractivity contribution in [2.24, 2.45) is 0 Å². The van der Waals surface area contributed by atoms with Crippen LogP contribution in [-0.4, -0.2) is 13.1 Å². The van der Waals surface area contributed by atoms with Gasteiger partial charge in [0.1, 0.15) is 17.3 Å². The summed E-state index contributed by atoms with van der Waals surface area (Å²) in [7, 11) is 0. The van der Waals surface area contributed by atoms with Crippen molar-refractivity contribution in [2.75, 3.05) is 13.1 Å². The van der Waals surface area contributed by atoms with Crippen LogP contribution in [0.4, 0.5) is 0 Å². The summed E-state index contributed by atoms with van der Waals surface area (Å²) in [5, 5.41) is 0. The third-order valence-corrected chi connectivity index (χ3v) is 4.59. The van der Waals surface area contributed by atoms with Crippen molar-refractivity contribution in [3.63, 3.8) is 0 Å². The Morgan fingerprint density at radius 3 is 2.50 bits per heavy atom. The third kappa shape index (κ3) is 2.40. The van der Waals surface area contributed by atoms with Crippen molar-refractivity contribution in [3.8, 4) is 11.3 Å². The minimum atomic E-state index is 0.893. The molecule has 1 saturated heterocycles. The molecule has 0 radical (unpaired) electrons. The average Bonchev–Trinajstić information content (AvgIpc) is 2.83. The minimum Gasteiger partial charge on any atom is -0.394 e. The summed E-state index contributed by atoms with van der Waals surface area (Å²) in [5.74, 6) is 0.893. The van der Waals surface area contributed by atoms with E-state index in [-0.39, 0.29) is 0 Å². The zero-order valence-corrected chi connectivity index (χ0v) is 11.8. The zero-order chi connectivity index (χ0) is 12.4. The summed E-state index contributed by atoms with van der Waals surface area (Å²) in [5.41, 5.74) is 1.10. The van der Waals surface area contributed by atoms with Crippen LogP contribution in [0.25, 0.3) is 11.3 Å². The molecule has 0 bridgehead atoms. The van der Waals surface area contributed by atoms with Gasteiger partial charge in [0, 0.05) is 18.4 Å². The first-order valence-corrected chi connectivity index (χ1v) is 7.57. The molecule has 0 saturated carbocycles. The van der Waals surface area contributed by atoms with Crippen LogP contribution in [0.1, 0.15) is 19.3 Å². The molecule has 3 rings (SSSR count). The molecule has 2 aromatic rings. The Kier molecular flexibility index (Phi) is 3.57. The van der Waals surface area contributed by atoms with Gasteiger partial charge in [-0.25, -0.2) is 0 Å². The van der Waals surface area contributed by atoms with Gasteiger partial charge in [-0.2, -0.15) is 4.58 Å². The Balaban J connectivity index is 2.06. The van der Waals surface area contributed by atoms with Crippen molar-refractivity contribution in [1.29, 1.82) is 0 Å². The lowest BCUT2D eigenvalue weighted by molar-refractivity contribution is 0.392. The first-order chi connectivity index (χ1) is 8.84. The van der Waals surface area contributed by atoms with E-state index in [4.69, 9.17) is 4.42 Å². The van der Waals surface area contributed by atoms with E-state index in [9.17, 15) is 0 Å². The Labute approximate surface area is 116 Å². The maximum Gasteiger partial charge on any atom is 0.431 e. The fraction of sp³-hybridized carbons (Fsp3) is 0.357. The number of benzene rings is 1. The van der Waals surface area contributed by atoms with Crippen molar-refractivity contribution >= 4 is 24.0 Å². The quantitative estimate of drug-likeness (QED) is 0.625. The second kappa shape index (κ2) is 5.33. The maximum absolute atomic E-state index is 6.01. The topological polar surface area (TPSA) is 16.1 Å². The van der Waals surface area contributed by atoms with E-state index >= 15 is 0 Å². The summed E-state index contributed by atoms with van der Waals surface area (Å²) in [4.78, 5) is 0.999. The van der Waals surface area contributed by atoms with Gasteiger partial charge >= 0.3 is 4.87 Å². The molecule has 4 heteroatoms. The molecule has 1 aliphatic rings. The monoisotopic (exact) mass is 278 g/mol. The molecule has 0 atom stereocenters. The lowest BCUT2D eigenvalue weighted by Gasteiger charge is -2.06. The molecule has 0 N–H and O–H groups in total. The Morgan fingerprint density at radius 2 is 1.78 bits per heavy atom. The number of thiol groups is 1. The maximum atomic E-state index is 6.01. The van der Waals surface area contributed by atoms with E-state index in [1.807, 2.05) is 18.2 Å². The SMILES string of the molecule is Sc1sc(=[N+]2CCCCC2)oc1-c1ccccc1. The van der Waals surface area contributed by atoms with E-state index in [0.29, 0.717) is 0 Å². The lowest BCUT2D eigenvalue weighted by Crippen LogP contribution is -2.32. The lowest BCUT2D eigenvalue weighted by atomic mass is 10.2. The van der Waals surface area contributed by atoms with Gasteiger partial charge in [-0.3, -0.25) is 0 Å². The normalized spacial score (nSPS) is 15.9. The van der Waals surface area contributed by atoms with Gasteiger partial charge in [0.05, 0.1) is 0 Å². The molecule has 1 aliphatic heterocycles.